The molecule has 19 nitrogen and oxygen atoms in total. The molecule has 1 N–H and O–H groups in total. The molecule has 0 fully saturated rings. The van der Waals surface area contributed by atoms with Crippen molar-refractivity contribution >= 4 is 49.6 Å². The second-order valence-corrected chi connectivity index (χ2v) is 25.6. The van der Waals surface area contributed by atoms with E-state index in [0.29, 0.717) is 13.0 Å². The Morgan fingerprint density at radius 1 is 0.438 bits per heavy atom. The van der Waals surface area contributed by atoms with Gasteiger partial charge in [-0.1, -0.05) is 83.9 Å². The molecule has 0 radical (unpaired) electrons. The Morgan fingerprint density at radius 2 is 0.753 bits per heavy atom. The van der Waals surface area contributed by atoms with Gasteiger partial charge in [0.1, 0.15) is 21.1 Å². The maximum Gasteiger partial charge on any atom is 0.550 e. The molecule has 0 atom stereocenters. The van der Waals surface area contributed by atoms with Crippen LogP contribution in [0.25, 0.3) is 33.4 Å². The van der Waals surface area contributed by atoms with Crippen LogP contribution in [0.5, 0.6) is 0 Å². The van der Waals surface area contributed by atoms with Gasteiger partial charge in [0.2, 0.25) is 0 Å². The Kier molecular flexibility index (Phi) is 30.9. The highest BCUT2D eigenvalue weighted by atomic mass is 32.2. The summed E-state index contributed by atoms with van der Waals surface area (Å²) < 4.78 is 55.3. The largest absolute Gasteiger partial charge is 0.624 e. The predicted octanol–water partition coefficient (Wildman–Crippen LogP) is 14.4. The number of hydrogen-bond donors (Lipinski definition) is 1. The summed E-state index contributed by atoms with van der Waals surface area (Å²) in [4.78, 5) is 3.12. The summed E-state index contributed by atoms with van der Waals surface area (Å²) >= 11 is 0.148. The minimum atomic E-state index is -4.86. The molecule has 6 rings (SSSR count). The maximum absolute atomic E-state index is 12.4. The van der Waals surface area contributed by atoms with Crippen molar-refractivity contribution < 1.29 is 60.1 Å². The van der Waals surface area contributed by atoms with Gasteiger partial charge in [0.15, 0.2) is 66.2 Å². The van der Waals surface area contributed by atoms with Gasteiger partial charge >= 0.3 is 6.36 Å². The number of aliphatic hydroxyl groups excluding tert-OH is 1. The second-order valence-electron chi connectivity index (χ2n) is 25.1. The van der Waals surface area contributed by atoms with Crippen LogP contribution in [0.3, 0.4) is 0 Å². The summed E-state index contributed by atoms with van der Waals surface area (Å²) in [5, 5.41) is 80.9. The molecule has 0 aromatic heterocycles. The highest BCUT2D eigenvalue weighted by Gasteiger charge is 2.32. The van der Waals surface area contributed by atoms with Crippen LogP contribution in [0.2, 0.25) is 0 Å². The van der Waals surface area contributed by atoms with Crippen LogP contribution in [-0.4, -0.2) is 142 Å². The van der Waals surface area contributed by atoms with E-state index in [2.05, 4.69) is 31.5 Å². The van der Waals surface area contributed by atoms with Crippen molar-refractivity contribution in [3.63, 3.8) is 0 Å². The number of halogens is 3. The van der Waals surface area contributed by atoms with Crippen molar-refractivity contribution in [1.29, 1.82) is 0 Å². The van der Waals surface area contributed by atoms with Crippen LogP contribution in [0, 0.1) is 31.2 Å². The van der Waals surface area contributed by atoms with E-state index < -0.39 is 23.0 Å². The highest BCUT2D eigenvalue weighted by Crippen LogP contribution is 2.33. The van der Waals surface area contributed by atoms with Gasteiger partial charge in [-0.2, -0.15) is 0 Å². The molecule has 6 aliphatic rings. The monoisotopic (exact) mass is 1270 g/mol. The fourth-order valence-corrected chi connectivity index (χ4v) is 9.55. The van der Waals surface area contributed by atoms with Crippen molar-refractivity contribution in [3.05, 3.63) is 138 Å². The first kappa shape index (κ1) is 76.3. The molecule has 89 heavy (non-hydrogen) atoms. The third kappa shape index (κ3) is 26.6. The molecule has 3 aliphatic carbocycles. The second kappa shape index (κ2) is 36.1. The number of pyridine rings is 3. The zero-order chi connectivity index (χ0) is 65.4. The lowest BCUT2D eigenvalue weighted by Gasteiger charge is -2.19. The van der Waals surface area contributed by atoms with Crippen molar-refractivity contribution in [3.8, 4) is 33.4 Å². The van der Waals surface area contributed by atoms with Crippen molar-refractivity contribution in [2.24, 2.45) is 0 Å². The molecule has 0 saturated heterocycles. The van der Waals surface area contributed by atoms with Crippen molar-refractivity contribution in [2.45, 2.75) is 203 Å². The molecule has 0 unspecified atom stereocenters. The Labute approximate surface area is 529 Å². The van der Waals surface area contributed by atoms with E-state index in [4.69, 9.17) is 9.29 Å². The molecule has 0 amide bonds. The van der Waals surface area contributed by atoms with Gasteiger partial charge in [-0.3, -0.25) is 4.18 Å². The predicted molar refractivity (Wildman–Crippen MR) is 354 cm³/mol. The molecule has 3 aliphatic heterocycles. The molecule has 0 saturated carbocycles. The number of aryl methyl sites for hydroxylation is 3. The number of hydroxylamine groups is 6. The topological polar surface area (TPSA) is 219 Å². The fraction of sp³-hybridized carbons (Fsp3) is 0.545. The summed E-state index contributed by atoms with van der Waals surface area (Å²) in [6, 6.07) is 11.6. The van der Waals surface area contributed by atoms with Crippen LogP contribution in [0.1, 0.15) is 194 Å². The molecular weight excluding hydrogens is 1170 g/mol. The minimum Gasteiger partial charge on any atom is -0.624 e. The van der Waals surface area contributed by atoms with Crippen LogP contribution < -0.4 is 0 Å². The van der Waals surface area contributed by atoms with Crippen LogP contribution in [-0.2, 0) is 33.0 Å². The summed E-state index contributed by atoms with van der Waals surface area (Å²) in [7, 11) is 4.37. The number of aromatic nitrogens is 3. The number of alkyl halides is 3. The van der Waals surface area contributed by atoms with Crippen molar-refractivity contribution in [1.82, 2.24) is 13.7 Å². The zero-order valence-corrected chi connectivity index (χ0v) is 54.6. The normalized spacial score (nSPS) is 13.4. The van der Waals surface area contributed by atoms with Gasteiger partial charge < -0.3 is 50.1 Å². The number of nitrogens with zero attached hydrogens (tertiary/aromatic N) is 9. The molecule has 3 heterocycles. The Morgan fingerprint density at radius 3 is 1.04 bits per heavy atom. The highest BCUT2D eigenvalue weighted by molar-refractivity contribution is 7.89. The molecule has 0 spiro atoms. The van der Waals surface area contributed by atoms with Gasteiger partial charge in [0, 0.05) is 159 Å². The number of fused-ring (bicyclic) bond motifs is 3. The van der Waals surface area contributed by atoms with Gasteiger partial charge in [-0.15, -0.1) is 22.4 Å². The summed E-state index contributed by atoms with van der Waals surface area (Å²) in [5.74, 6) is 0. The summed E-state index contributed by atoms with van der Waals surface area (Å²) in [6.45, 7) is 21.9. The van der Waals surface area contributed by atoms with E-state index >= 15 is 0 Å². The molecule has 0 aromatic rings. The van der Waals surface area contributed by atoms with E-state index in [1.165, 1.54) is 53.0 Å². The first-order chi connectivity index (χ1) is 41.3. The Bertz CT molecular complexity index is 3050. The number of aliphatic hydroxyl groups is 1. The zero-order valence-electron chi connectivity index (χ0n) is 53.8. The van der Waals surface area contributed by atoms with Crippen LogP contribution in [0.15, 0.2) is 73.6 Å². The van der Waals surface area contributed by atoms with Crippen LogP contribution in [0.4, 0.5) is 13.2 Å². The van der Waals surface area contributed by atoms with E-state index in [-0.39, 0.29) is 33.0 Å². The average Bonchev–Trinajstić information content (AvgIpc) is 1.99. The van der Waals surface area contributed by atoms with Gasteiger partial charge in [0.25, 0.3) is 0 Å². The molecule has 0 aromatic carbocycles. The quantitative estimate of drug-likeness (QED) is 0.00926. The Hall–Kier alpha value is -6.92. The van der Waals surface area contributed by atoms with E-state index in [1.54, 1.807) is 31.1 Å². The molecule has 23 heteroatoms. The first-order valence-corrected chi connectivity index (χ1v) is 30.9. The molecular formula is C66H98F3N9O10S. The molecule has 494 valence electrons. The Balaban J connectivity index is 0.000000350. The molecule has 0 bridgehead atoms. The van der Waals surface area contributed by atoms with E-state index in [9.17, 15) is 44.4 Å². The van der Waals surface area contributed by atoms with Crippen LogP contribution >= 0.6 is 12.3 Å². The average molecular weight is 1270 g/mol. The maximum atomic E-state index is 12.4. The smallest absolute Gasteiger partial charge is 0.550 e. The van der Waals surface area contributed by atoms with Gasteiger partial charge in [-0.05, 0) is 67.0 Å². The lowest BCUT2D eigenvalue weighted by molar-refractivity contribution is -0.530. The van der Waals surface area contributed by atoms with Crippen molar-refractivity contribution in [2.75, 3.05) is 34.4 Å². The first-order valence-electron chi connectivity index (χ1n) is 30.2. The minimum absolute atomic E-state index is 0. The SMILES string of the molecule is C.C/[N+]([O-])=C/c1cn(CCCCCCO)cc2c(/C=[N+](\[O-])C(C)(C)C)ccc1-2.C/[N+]([O-])=C/c1cn(CCCCCCOSOOC(F)(F)F)cc2c(/C=[N+](\[O-])C(C)(C)C)ccc1-2.CCCCCCCn1cc(/C=[N+](/C)[O-])c2ccc(/C=[N+](\[O-])C(C)(C)C)c-2c1. The van der Waals surface area contributed by atoms with Gasteiger partial charge in [-0.25, -0.2) is 28.4 Å². The summed E-state index contributed by atoms with van der Waals surface area (Å²) in [6.07, 6.45) is 29.8. The lowest BCUT2D eigenvalue weighted by Crippen LogP contribution is -2.29. The number of hydrogen-bond acceptors (Lipinski definition) is 11. The third-order valence-corrected chi connectivity index (χ3v) is 14.4. The fourth-order valence-electron chi connectivity index (χ4n) is 9.22. The lowest BCUT2D eigenvalue weighted by atomic mass is 10.0. The van der Waals surface area contributed by atoms with E-state index in [0.717, 1.165) is 160 Å². The number of rotatable bonds is 28. The van der Waals surface area contributed by atoms with Gasteiger partial charge in [0.05, 0.1) is 23.3 Å². The summed E-state index contributed by atoms with van der Waals surface area (Å²) in [5.41, 5.74) is 9.13. The third-order valence-electron chi connectivity index (χ3n) is 14.0. The van der Waals surface area contributed by atoms with E-state index in [1.807, 2.05) is 134 Å². The number of unbranched alkanes of at least 4 members (excludes halogenated alkanes) is 10. The standard InChI is InChI=1S/C22H30F3N3O5S.C22H33N3O2.C21H31N3O3.CH4/c1-21(2,3)28(30)15-17-9-10-19-18(13-26(4)29)14-27(16-20(17)19)11-7-5-6-8-12-31-34-33-32-22(23,24)25;1-6-7-8-9-10-13-24-15-19(14-23(5)26)20-12-11-18(21(20)17-24)16-25(27)22(2,3)4;1-21(2,3)24(27)15-17-9-10-19-18(13-22(4)26)14-23(16-20(17)19)11-7-5-6-8-12-25;/h9-10,13-16H,5-8,11-12H2,1-4H3;11-12,14-17H,6-10,13H2,1-5H3;9-10,13-16,25H,5-8,11-12H2,1-4H3;1H4/b26-13-,28-15-;23-14-,25-16-;22-13-,24-15-;.